The Morgan fingerprint density at radius 3 is 1.30 bits per heavy atom. The number of nitrogens with zero attached hydrogens (tertiary/aromatic N) is 2. The number of aryl methyl sites for hydroxylation is 4. The maximum atomic E-state index is 4.46. The fraction of sp³-hybridized carbons (Fsp3) is 0.480. The topological polar surface area (TPSA) is 24.7 Å². The van der Waals surface area contributed by atoms with Crippen molar-refractivity contribution in [1.29, 1.82) is 0 Å². The van der Waals surface area contributed by atoms with Gasteiger partial charge >= 0.3 is 0 Å². The molecule has 0 spiro atoms. The molecule has 2 nitrogen and oxygen atoms in total. The third-order valence-electron chi connectivity index (χ3n) is 4.82. The van der Waals surface area contributed by atoms with Gasteiger partial charge in [0.05, 0.1) is 11.4 Å². The van der Waals surface area contributed by atoms with Crippen molar-refractivity contribution in [1.82, 2.24) is 0 Å². The first-order chi connectivity index (χ1) is 13.2. The highest BCUT2D eigenvalue weighted by molar-refractivity contribution is 5.59. The third-order valence-corrected chi connectivity index (χ3v) is 4.82. The second kappa shape index (κ2) is 11.5. The molecular formula is C25H34N2. The Bertz CT molecular complexity index is 719. The zero-order valence-corrected chi connectivity index (χ0v) is 17.5. The minimum absolute atomic E-state index is 0.943. The van der Waals surface area contributed by atoms with E-state index in [0.717, 1.165) is 49.9 Å². The molecule has 2 aromatic carbocycles. The van der Waals surface area contributed by atoms with Gasteiger partial charge in [-0.3, -0.25) is 0 Å². The van der Waals surface area contributed by atoms with Crippen LogP contribution in [-0.4, -0.2) is 6.01 Å². The van der Waals surface area contributed by atoms with Crippen molar-refractivity contribution in [2.24, 2.45) is 9.98 Å². The van der Waals surface area contributed by atoms with Crippen LogP contribution in [0.5, 0.6) is 0 Å². The van der Waals surface area contributed by atoms with E-state index in [0.29, 0.717) is 0 Å². The van der Waals surface area contributed by atoms with Crippen LogP contribution >= 0.6 is 0 Å². The molecule has 144 valence electrons. The molecular weight excluding hydrogens is 328 g/mol. The maximum absolute atomic E-state index is 4.46. The van der Waals surface area contributed by atoms with Crippen LogP contribution < -0.4 is 0 Å². The summed E-state index contributed by atoms with van der Waals surface area (Å²) >= 11 is 0. The molecule has 2 aromatic rings. The molecule has 0 unspecified atom stereocenters. The first-order valence-corrected chi connectivity index (χ1v) is 10.6. The lowest BCUT2D eigenvalue weighted by Gasteiger charge is -2.08. The van der Waals surface area contributed by atoms with Gasteiger partial charge in [-0.05, 0) is 72.2 Å². The molecule has 0 aliphatic carbocycles. The van der Waals surface area contributed by atoms with E-state index < -0.39 is 0 Å². The second-order valence-electron chi connectivity index (χ2n) is 7.23. The fourth-order valence-corrected chi connectivity index (χ4v) is 3.53. The molecule has 0 heterocycles. The van der Waals surface area contributed by atoms with Gasteiger partial charge in [-0.15, -0.1) is 0 Å². The molecule has 0 amide bonds. The minimum atomic E-state index is 0.943. The van der Waals surface area contributed by atoms with E-state index in [9.17, 15) is 0 Å². The van der Waals surface area contributed by atoms with Gasteiger partial charge < -0.3 is 0 Å². The van der Waals surface area contributed by atoms with Crippen molar-refractivity contribution in [3.8, 4) is 0 Å². The Balaban J connectivity index is 2.22. The summed E-state index contributed by atoms with van der Waals surface area (Å²) in [6.45, 7) is 8.91. The lowest BCUT2D eigenvalue weighted by atomic mass is 9.99. The van der Waals surface area contributed by atoms with Gasteiger partial charge in [0, 0.05) is 0 Å². The zero-order chi connectivity index (χ0) is 19.5. The normalized spacial score (nSPS) is 10.5. The Kier molecular flexibility index (Phi) is 9.01. The monoisotopic (exact) mass is 362 g/mol. The quantitative estimate of drug-likeness (QED) is 0.388. The first kappa shape index (κ1) is 21.1. The molecule has 0 radical (unpaired) electrons. The summed E-state index contributed by atoms with van der Waals surface area (Å²) in [6.07, 6.45) is 9.15. The van der Waals surface area contributed by atoms with Crippen LogP contribution in [0.2, 0.25) is 0 Å². The highest BCUT2D eigenvalue weighted by atomic mass is 14.8. The summed E-state index contributed by atoms with van der Waals surface area (Å²) in [5.41, 5.74) is 7.61. The summed E-state index contributed by atoms with van der Waals surface area (Å²) in [4.78, 5) is 8.93. The van der Waals surface area contributed by atoms with Gasteiger partial charge in [-0.2, -0.15) is 9.98 Å². The van der Waals surface area contributed by atoms with Gasteiger partial charge in [0.1, 0.15) is 6.01 Å². The van der Waals surface area contributed by atoms with E-state index in [1.807, 2.05) is 0 Å². The fourth-order valence-electron chi connectivity index (χ4n) is 3.53. The SMILES string of the molecule is CCCc1ccc(N=C=Nc2ccc(CCC)c(CCC)c2)cc1CCC. The van der Waals surface area contributed by atoms with Crippen molar-refractivity contribution in [2.75, 3.05) is 0 Å². The molecule has 0 aromatic heterocycles. The van der Waals surface area contributed by atoms with Gasteiger partial charge in [-0.25, -0.2) is 0 Å². The van der Waals surface area contributed by atoms with Crippen LogP contribution in [0.3, 0.4) is 0 Å². The van der Waals surface area contributed by atoms with Crippen LogP contribution in [-0.2, 0) is 25.7 Å². The van der Waals surface area contributed by atoms with Gasteiger partial charge in [0.15, 0.2) is 0 Å². The summed E-state index contributed by atoms with van der Waals surface area (Å²) < 4.78 is 0. The Labute approximate surface area is 165 Å². The van der Waals surface area contributed by atoms with Crippen LogP contribution in [0, 0.1) is 0 Å². The number of rotatable bonds is 10. The van der Waals surface area contributed by atoms with E-state index in [1.54, 1.807) is 0 Å². The number of hydrogen-bond acceptors (Lipinski definition) is 2. The summed E-state index contributed by atoms with van der Waals surface area (Å²) in [6, 6.07) is 15.9. The van der Waals surface area contributed by atoms with E-state index >= 15 is 0 Å². The lowest BCUT2D eigenvalue weighted by Crippen LogP contribution is -1.93. The molecule has 0 atom stereocenters. The van der Waals surface area contributed by atoms with Crippen LogP contribution in [0.4, 0.5) is 11.4 Å². The Morgan fingerprint density at radius 1 is 0.556 bits per heavy atom. The van der Waals surface area contributed by atoms with Crippen molar-refractivity contribution < 1.29 is 0 Å². The molecule has 2 rings (SSSR count). The second-order valence-corrected chi connectivity index (χ2v) is 7.23. The molecule has 0 aliphatic heterocycles. The third kappa shape index (κ3) is 6.48. The van der Waals surface area contributed by atoms with Crippen molar-refractivity contribution in [3.63, 3.8) is 0 Å². The predicted octanol–water partition coefficient (Wildman–Crippen LogP) is 7.63. The average Bonchev–Trinajstić information content (AvgIpc) is 2.66. The molecule has 27 heavy (non-hydrogen) atoms. The van der Waals surface area contributed by atoms with E-state index in [2.05, 4.69) is 80.1 Å². The zero-order valence-electron chi connectivity index (χ0n) is 17.5. The maximum Gasteiger partial charge on any atom is 0.100 e. The standard InChI is InChI=1S/C25H34N2/c1-5-9-20-13-15-24(17-22(20)11-7-3)26-19-27-25-16-14-21(10-6-2)23(18-25)12-8-4/h13-18H,5-12H2,1-4H3. The Hall–Kier alpha value is -2.18. The summed E-state index contributed by atoms with van der Waals surface area (Å²) in [5.74, 6) is 0. The van der Waals surface area contributed by atoms with Gasteiger partial charge in [-0.1, -0.05) is 65.5 Å². The average molecular weight is 363 g/mol. The molecule has 0 aliphatic rings. The van der Waals surface area contributed by atoms with E-state index in [1.165, 1.54) is 35.1 Å². The smallest absolute Gasteiger partial charge is 0.100 e. The molecule has 0 bridgehead atoms. The number of aliphatic imine (C=N–C) groups is 2. The van der Waals surface area contributed by atoms with Crippen molar-refractivity contribution in [2.45, 2.75) is 79.1 Å². The van der Waals surface area contributed by atoms with Gasteiger partial charge in [0.2, 0.25) is 0 Å². The van der Waals surface area contributed by atoms with Crippen LogP contribution in [0.1, 0.15) is 75.6 Å². The van der Waals surface area contributed by atoms with Crippen molar-refractivity contribution >= 4 is 17.4 Å². The highest BCUT2D eigenvalue weighted by Gasteiger charge is 2.04. The van der Waals surface area contributed by atoms with Crippen molar-refractivity contribution in [3.05, 3.63) is 58.7 Å². The lowest BCUT2D eigenvalue weighted by molar-refractivity contribution is 0.861. The number of hydrogen-bond donors (Lipinski definition) is 0. The largest absolute Gasteiger partial charge is 0.188 e. The molecule has 2 heteroatoms. The van der Waals surface area contributed by atoms with Crippen LogP contribution in [0.25, 0.3) is 0 Å². The molecule has 0 saturated carbocycles. The van der Waals surface area contributed by atoms with Gasteiger partial charge in [0.25, 0.3) is 0 Å². The van der Waals surface area contributed by atoms with Crippen LogP contribution in [0.15, 0.2) is 46.4 Å². The van der Waals surface area contributed by atoms with E-state index in [-0.39, 0.29) is 0 Å². The first-order valence-electron chi connectivity index (χ1n) is 10.6. The molecule has 0 fully saturated rings. The Morgan fingerprint density at radius 2 is 0.926 bits per heavy atom. The number of benzene rings is 2. The summed E-state index contributed by atoms with van der Waals surface area (Å²) in [7, 11) is 0. The minimum Gasteiger partial charge on any atom is -0.188 e. The van der Waals surface area contributed by atoms with E-state index in [4.69, 9.17) is 0 Å². The predicted molar refractivity (Wildman–Crippen MR) is 118 cm³/mol. The highest BCUT2D eigenvalue weighted by Crippen LogP contribution is 2.22. The molecule has 0 N–H and O–H groups in total. The summed E-state index contributed by atoms with van der Waals surface area (Å²) in [5, 5.41) is 0. The molecule has 0 saturated heterocycles.